The molecule has 0 aliphatic carbocycles. The molecule has 0 atom stereocenters. The summed E-state index contributed by atoms with van der Waals surface area (Å²) in [6, 6.07) is 10.3. The third-order valence-electron chi connectivity index (χ3n) is 5.20. The molecule has 3 aromatic heterocycles. The van der Waals surface area contributed by atoms with Crippen LogP contribution in [0.5, 0.6) is 5.75 Å². The molecule has 3 heterocycles. The number of aldehydes is 1. The Kier molecular flexibility index (Phi) is 5.66. The first-order valence-corrected chi connectivity index (χ1v) is 10.3. The highest BCUT2D eigenvalue weighted by atomic mass is 35.5. The van der Waals surface area contributed by atoms with E-state index in [0.29, 0.717) is 12.0 Å². The highest BCUT2D eigenvalue weighted by molar-refractivity contribution is 6.33. The smallest absolute Gasteiger partial charge is 0.278 e. The number of fused-ring (bicyclic) bond motifs is 1. The Morgan fingerprint density at radius 1 is 1.27 bits per heavy atom. The van der Waals surface area contributed by atoms with Crippen LogP contribution >= 0.6 is 11.6 Å². The molecule has 0 aliphatic rings. The Morgan fingerprint density at radius 2 is 2.00 bits per heavy atom. The summed E-state index contributed by atoms with van der Waals surface area (Å²) in [5, 5.41) is 20.2. The summed E-state index contributed by atoms with van der Waals surface area (Å²) in [6.45, 7) is 3.66. The molecule has 0 saturated carbocycles. The van der Waals surface area contributed by atoms with Gasteiger partial charge >= 0.3 is 0 Å². The number of aromatic hydroxyl groups is 1. The maximum Gasteiger partial charge on any atom is 0.278 e. The third kappa shape index (κ3) is 3.52. The molecule has 0 fully saturated rings. The monoisotopic (exact) mass is 462 g/mol. The van der Waals surface area contributed by atoms with Crippen LogP contribution in [0.4, 0.5) is 4.39 Å². The summed E-state index contributed by atoms with van der Waals surface area (Å²) < 4.78 is 15.6. The van der Waals surface area contributed by atoms with Gasteiger partial charge in [-0.1, -0.05) is 37.6 Å². The number of rotatable bonds is 4. The topological polar surface area (TPSA) is 109 Å². The zero-order valence-electron chi connectivity index (χ0n) is 17.5. The van der Waals surface area contributed by atoms with Crippen molar-refractivity contribution in [2.45, 2.75) is 19.8 Å². The zero-order chi connectivity index (χ0) is 23.9. The SMILES string of the molecule is CC(C)c1nccc(C=O)c1-n1c(=O)c(C#N)c(O)c2cc(Cl)c(-c3ccccc3F)nc21. The fraction of sp³-hybridized carbons (Fsp3) is 0.125. The van der Waals surface area contributed by atoms with Crippen molar-refractivity contribution in [1.29, 1.82) is 5.26 Å². The van der Waals surface area contributed by atoms with Gasteiger partial charge in [0, 0.05) is 17.3 Å². The number of nitriles is 1. The van der Waals surface area contributed by atoms with Gasteiger partial charge in [0.1, 0.15) is 17.6 Å². The molecule has 4 rings (SSSR count). The van der Waals surface area contributed by atoms with E-state index < -0.39 is 22.7 Å². The molecule has 0 amide bonds. The number of carbonyl (C=O) groups is 1. The molecule has 4 aromatic rings. The van der Waals surface area contributed by atoms with Crippen LogP contribution in [0.2, 0.25) is 5.02 Å². The van der Waals surface area contributed by atoms with Crippen molar-refractivity contribution < 1.29 is 14.3 Å². The minimum atomic E-state index is -0.894. The maximum absolute atomic E-state index is 14.5. The molecule has 1 aromatic carbocycles. The van der Waals surface area contributed by atoms with E-state index in [0.717, 1.165) is 4.57 Å². The minimum Gasteiger partial charge on any atom is -0.506 e. The Labute approximate surface area is 192 Å². The molecule has 0 radical (unpaired) electrons. The molecule has 0 bridgehead atoms. The van der Waals surface area contributed by atoms with Crippen molar-refractivity contribution >= 4 is 28.9 Å². The van der Waals surface area contributed by atoms with Gasteiger partial charge in [0.25, 0.3) is 5.56 Å². The van der Waals surface area contributed by atoms with Crippen LogP contribution in [0.15, 0.2) is 47.4 Å². The molecule has 33 heavy (non-hydrogen) atoms. The fourth-order valence-electron chi connectivity index (χ4n) is 3.67. The third-order valence-corrected chi connectivity index (χ3v) is 5.49. The number of hydrogen-bond donors (Lipinski definition) is 1. The second-order valence-electron chi connectivity index (χ2n) is 7.55. The van der Waals surface area contributed by atoms with Crippen molar-refractivity contribution in [2.24, 2.45) is 0 Å². The standard InChI is InChI=1S/C24H16ClFN4O3/c1-12(2)19-21(13(11-31)7-8-28-19)30-23-15(22(32)16(10-27)24(30)33)9-17(25)20(29-23)14-5-3-4-6-18(14)26/h3-9,11-12,32H,1-2H3. The van der Waals surface area contributed by atoms with E-state index in [9.17, 15) is 24.3 Å². The summed E-state index contributed by atoms with van der Waals surface area (Å²) in [7, 11) is 0. The van der Waals surface area contributed by atoms with Gasteiger partial charge in [-0.15, -0.1) is 0 Å². The summed E-state index contributed by atoms with van der Waals surface area (Å²) in [6.07, 6.45) is 2.00. The van der Waals surface area contributed by atoms with Crippen molar-refractivity contribution in [2.75, 3.05) is 0 Å². The highest BCUT2D eigenvalue weighted by Crippen LogP contribution is 2.36. The first kappa shape index (κ1) is 22.1. The minimum absolute atomic E-state index is 0.00266. The van der Waals surface area contributed by atoms with Crippen LogP contribution in [0, 0.1) is 17.1 Å². The van der Waals surface area contributed by atoms with Gasteiger partial charge < -0.3 is 5.11 Å². The molecule has 0 spiro atoms. The van der Waals surface area contributed by atoms with Gasteiger partial charge in [0.15, 0.2) is 17.5 Å². The number of pyridine rings is 3. The Morgan fingerprint density at radius 3 is 2.64 bits per heavy atom. The maximum atomic E-state index is 14.5. The van der Waals surface area contributed by atoms with Crippen LogP contribution in [0.1, 0.15) is 41.4 Å². The van der Waals surface area contributed by atoms with Crippen LogP contribution in [-0.2, 0) is 0 Å². The first-order chi connectivity index (χ1) is 15.8. The summed E-state index contributed by atoms with van der Waals surface area (Å²) in [4.78, 5) is 34.0. The lowest BCUT2D eigenvalue weighted by atomic mass is 10.0. The van der Waals surface area contributed by atoms with E-state index in [1.165, 1.54) is 36.5 Å². The van der Waals surface area contributed by atoms with Crippen LogP contribution < -0.4 is 5.56 Å². The Bertz CT molecular complexity index is 1540. The van der Waals surface area contributed by atoms with Crippen LogP contribution in [0.3, 0.4) is 0 Å². The molecular weight excluding hydrogens is 447 g/mol. The predicted octanol–water partition coefficient (Wildman–Crippen LogP) is 4.75. The van der Waals surface area contributed by atoms with E-state index in [4.69, 9.17) is 11.6 Å². The van der Waals surface area contributed by atoms with Crippen LogP contribution in [0.25, 0.3) is 28.0 Å². The van der Waals surface area contributed by atoms with Crippen molar-refractivity contribution in [3.8, 4) is 28.8 Å². The average Bonchev–Trinajstić information content (AvgIpc) is 2.80. The number of halogens is 2. The zero-order valence-corrected chi connectivity index (χ0v) is 18.3. The normalized spacial score (nSPS) is 11.0. The van der Waals surface area contributed by atoms with E-state index >= 15 is 0 Å². The molecule has 0 aliphatic heterocycles. The lowest BCUT2D eigenvalue weighted by Gasteiger charge is -2.19. The van der Waals surface area contributed by atoms with Gasteiger partial charge in [-0.05, 0) is 30.2 Å². The number of hydrogen-bond acceptors (Lipinski definition) is 6. The van der Waals surface area contributed by atoms with E-state index in [2.05, 4.69) is 9.97 Å². The largest absolute Gasteiger partial charge is 0.506 e. The molecular formula is C24H16ClFN4O3. The van der Waals surface area contributed by atoms with Crippen molar-refractivity contribution in [3.05, 3.63) is 80.6 Å². The van der Waals surface area contributed by atoms with E-state index in [-0.39, 0.29) is 44.5 Å². The predicted molar refractivity (Wildman–Crippen MR) is 121 cm³/mol. The summed E-state index contributed by atoms with van der Waals surface area (Å²) >= 11 is 6.38. The molecule has 0 saturated heterocycles. The summed E-state index contributed by atoms with van der Waals surface area (Å²) in [5.74, 6) is -1.40. The number of nitrogens with zero attached hydrogens (tertiary/aromatic N) is 4. The molecule has 7 nitrogen and oxygen atoms in total. The van der Waals surface area contributed by atoms with Gasteiger partial charge in [0.2, 0.25) is 0 Å². The van der Waals surface area contributed by atoms with E-state index in [1.54, 1.807) is 12.1 Å². The second-order valence-corrected chi connectivity index (χ2v) is 7.96. The fourth-order valence-corrected chi connectivity index (χ4v) is 3.92. The lowest BCUT2D eigenvalue weighted by molar-refractivity contribution is 0.112. The van der Waals surface area contributed by atoms with E-state index in [1.807, 2.05) is 13.8 Å². The summed E-state index contributed by atoms with van der Waals surface area (Å²) in [5.41, 5.74) is -0.761. The average molecular weight is 463 g/mol. The van der Waals surface area contributed by atoms with Gasteiger partial charge in [-0.2, -0.15) is 5.26 Å². The Hall–Kier alpha value is -4.09. The molecule has 1 N–H and O–H groups in total. The quantitative estimate of drug-likeness (QED) is 0.438. The Balaban J connectivity index is 2.26. The number of benzene rings is 1. The van der Waals surface area contributed by atoms with Crippen molar-refractivity contribution in [1.82, 2.24) is 14.5 Å². The van der Waals surface area contributed by atoms with Gasteiger partial charge in [-0.3, -0.25) is 19.1 Å². The molecule has 0 unspecified atom stereocenters. The van der Waals surface area contributed by atoms with Gasteiger partial charge in [-0.25, -0.2) is 9.37 Å². The van der Waals surface area contributed by atoms with Crippen molar-refractivity contribution in [3.63, 3.8) is 0 Å². The highest BCUT2D eigenvalue weighted by Gasteiger charge is 2.25. The van der Waals surface area contributed by atoms with Crippen LogP contribution in [-0.4, -0.2) is 25.9 Å². The first-order valence-electron chi connectivity index (χ1n) is 9.87. The lowest BCUT2D eigenvalue weighted by Crippen LogP contribution is -2.25. The number of aromatic nitrogens is 3. The number of carbonyl (C=O) groups excluding carboxylic acids is 1. The molecule has 164 valence electrons. The second kappa shape index (κ2) is 8.45. The molecule has 9 heteroatoms. The van der Waals surface area contributed by atoms with Gasteiger partial charge in [0.05, 0.1) is 27.5 Å².